The number of nitrogens with zero attached hydrogens (tertiary/aromatic N) is 2. The predicted molar refractivity (Wildman–Crippen MR) is 124 cm³/mol. The topological polar surface area (TPSA) is 32.8 Å². The molecule has 1 fully saturated rings. The normalized spacial score (nSPS) is 22.5. The van der Waals surface area contributed by atoms with Gasteiger partial charge in [0, 0.05) is 13.7 Å². The highest BCUT2D eigenvalue weighted by atomic mass is 16.5. The minimum Gasteiger partial charge on any atom is -0.372 e. The first-order valence-electron chi connectivity index (χ1n) is 11.9. The van der Waals surface area contributed by atoms with Gasteiger partial charge in [-0.2, -0.15) is 0 Å². The molecule has 4 heteroatoms. The van der Waals surface area contributed by atoms with Crippen molar-refractivity contribution >= 4 is 5.91 Å². The van der Waals surface area contributed by atoms with Crippen LogP contribution in [-0.4, -0.2) is 55.1 Å². The molecule has 1 saturated heterocycles. The maximum absolute atomic E-state index is 13.0. The number of carbonyl (C=O) groups excluding carboxylic acids is 1. The van der Waals surface area contributed by atoms with Crippen LogP contribution in [0.3, 0.4) is 0 Å². The number of ether oxygens (including phenoxy) is 1. The van der Waals surface area contributed by atoms with Gasteiger partial charge in [-0.05, 0) is 87.5 Å². The molecule has 4 nitrogen and oxygen atoms in total. The first-order chi connectivity index (χ1) is 14.2. The fourth-order valence-corrected chi connectivity index (χ4v) is 5.38. The van der Waals surface area contributed by atoms with E-state index in [1.807, 2.05) is 11.8 Å². The Bertz CT molecular complexity index is 716. The molecule has 2 atom stereocenters. The van der Waals surface area contributed by atoms with Crippen molar-refractivity contribution in [2.45, 2.75) is 84.3 Å². The summed E-state index contributed by atoms with van der Waals surface area (Å²) in [7, 11) is 1.62. The van der Waals surface area contributed by atoms with Gasteiger partial charge in [0.05, 0.1) is 6.04 Å². The maximum atomic E-state index is 13.0. The van der Waals surface area contributed by atoms with E-state index in [1.165, 1.54) is 56.4 Å². The van der Waals surface area contributed by atoms with Crippen molar-refractivity contribution in [3.05, 3.63) is 35.4 Å². The molecule has 0 bridgehead atoms. The Morgan fingerprint density at radius 3 is 2.50 bits per heavy atom. The van der Waals surface area contributed by atoms with Crippen molar-refractivity contribution in [1.29, 1.82) is 0 Å². The predicted octanol–water partition coefficient (Wildman–Crippen LogP) is 5.17. The van der Waals surface area contributed by atoms with Gasteiger partial charge in [0.15, 0.2) is 0 Å². The Hall–Kier alpha value is -1.39. The second-order valence-corrected chi connectivity index (χ2v) is 10.6. The van der Waals surface area contributed by atoms with E-state index in [0.717, 1.165) is 13.0 Å². The average Bonchev–Trinajstić information content (AvgIpc) is 2.74. The van der Waals surface area contributed by atoms with Crippen LogP contribution in [-0.2, 0) is 14.9 Å². The molecule has 1 heterocycles. The highest BCUT2D eigenvalue weighted by Gasteiger charge is 2.43. The van der Waals surface area contributed by atoms with Crippen LogP contribution in [0.2, 0.25) is 0 Å². The molecule has 2 aliphatic rings. The van der Waals surface area contributed by atoms with Gasteiger partial charge in [-0.25, -0.2) is 0 Å². The summed E-state index contributed by atoms with van der Waals surface area (Å²) in [6, 6.07) is 9.09. The summed E-state index contributed by atoms with van der Waals surface area (Å²) >= 11 is 0. The Balaban J connectivity index is 1.78. The van der Waals surface area contributed by atoms with E-state index < -0.39 is 0 Å². The summed E-state index contributed by atoms with van der Waals surface area (Å²) < 4.78 is 5.35. The summed E-state index contributed by atoms with van der Waals surface area (Å²) in [6.07, 6.45) is 5.55. The van der Waals surface area contributed by atoms with E-state index in [0.29, 0.717) is 5.41 Å². The number of amides is 1. The van der Waals surface area contributed by atoms with Crippen molar-refractivity contribution < 1.29 is 9.53 Å². The molecular formula is C26H42N2O2. The van der Waals surface area contributed by atoms with Gasteiger partial charge in [0.1, 0.15) is 6.10 Å². The van der Waals surface area contributed by atoms with Crippen molar-refractivity contribution in [3.63, 3.8) is 0 Å². The van der Waals surface area contributed by atoms with Crippen molar-refractivity contribution in [2.24, 2.45) is 5.41 Å². The lowest BCUT2D eigenvalue weighted by Crippen LogP contribution is -2.48. The summed E-state index contributed by atoms with van der Waals surface area (Å²) in [4.78, 5) is 17.7. The van der Waals surface area contributed by atoms with Crippen LogP contribution >= 0.6 is 0 Å². The van der Waals surface area contributed by atoms with E-state index in [2.05, 4.69) is 56.9 Å². The van der Waals surface area contributed by atoms with E-state index in [1.54, 1.807) is 7.11 Å². The highest BCUT2D eigenvalue weighted by Crippen LogP contribution is 2.49. The molecule has 1 aliphatic carbocycles. The van der Waals surface area contributed by atoms with Gasteiger partial charge >= 0.3 is 0 Å². The number of hydrogen-bond donors (Lipinski definition) is 0. The van der Waals surface area contributed by atoms with E-state index in [4.69, 9.17) is 4.74 Å². The third-order valence-electron chi connectivity index (χ3n) is 7.48. The van der Waals surface area contributed by atoms with Gasteiger partial charge in [-0.3, -0.25) is 4.79 Å². The van der Waals surface area contributed by atoms with Crippen LogP contribution in [0.25, 0.3) is 0 Å². The molecule has 1 aliphatic heterocycles. The number of likely N-dealkylation sites (tertiary alicyclic amines) is 1. The molecule has 1 spiro atoms. The van der Waals surface area contributed by atoms with Gasteiger partial charge in [-0.15, -0.1) is 0 Å². The zero-order valence-corrected chi connectivity index (χ0v) is 20.0. The molecule has 1 amide bonds. The maximum Gasteiger partial charge on any atom is 0.251 e. The molecule has 0 radical (unpaired) electrons. The molecule has 1 aromatic rings. The molecule has 168 valence electrons. The van der Waals surface area contributed by atoms with Crippen LogP contribution in [0.4, 0.5) is 0 Å². The fourth-order valence-electron chi connectivity index (χ4n) is 5.38. The molecule has 0 unspecified atom stereocenters. The first-order valence-corrected chi connectivity index (χ1v) is 11.9. The number of methoxy groups -OCH3 is 1. The number of fused-ring (bicyclic) bond motifs is 2. The number of hydrogen-bond acceptors (Lipinski definition) is 3. The summed E-state index contributed by atoms with van der Waals surface area (Å²) in [6.45, 7) is 15.2. The smallest absolute Gasteiger partial charge is 0.251 e. The number of carbonyl (C=O) groups is 1. The number of piperidine rings is 1. The third-order valence-corrected chi connectivity index (χ3v) is 7.48. The summed E-state index contributed by atoms with van der Waals surface area (Å²) in [5.74, 6) is 0.104. The molecule has 3 rings (SSSR count). The van der Waals surface area contributed by atoms with E-state index >= 15 is 0 Å². The third kappa shape index (κ3) is 4.91. The lowest BCUT2D eigenvalue weighted by Gasteiger charge is -2.49. The summed E-state index contributed by atoms with van der Waals surface area (Å²) in [5, 5.41) is 0. The van der Waals surface area contributed by atoms with E-state index in [-0.39, 0.29) is 23.5 Å². The lowest BCUT2D eigenvalue weighted by atomic mass is 9.63. The molecular weight excluding hydrogens is 372 g/mol. The Morgan fingerprint density at radius 2 is 1.90 bits per heavy atom. The van der Waals surface area contributed by atoms with Crippen LogP contribution in [0.1, 0.15) is 83.9 Å². The second-order valence-electron chi connectivity index (χ2n) is 10.6. The van der Waals surface area contributed by atoms with Crippen LogP contribution in [0.5, 0.6) is 0 Å². The quantitative estimate of drug-likeness (QED) is 0.643. The number of rotatable bonds is 6. The molecule has 0 aromatic heterocycles. The fraction of sp³-hybridized carbons (Fsp3) is 0.731. The second kappa shape index (κ2) is 9.40. The first kappa shape index (κ1) is 23.3. The van der Waals surface area contributed by atoms with Crippen molar-refractivity contribution in [2.75, 3.05) is 33.3 Å². The molecule has 1 aromatic carbocycles. The van der Waals surface area contributed by atoms with Gasteiger partial charge in [0.2, 0.25) is 0 Å². The minimum absolute atomic E-state index is 0.104. The standard InChI is InChI=1S/C26H42N2O2/c1-7-28(24(29)20(2)30-6)23-12-13-26(22-11-9-8-10-21(22)23)15-18-27(19-16-26)17-14-25(3,4)5/h8-11,20,23H,7,12-19H2,1-6H3/t20-,23+/m1/s1. The monoisotopic (exact) mass is 414 g/mol. The Labute approximate surface area is 184 Å². The van der Waals surface area contributed by atoms with Gasteiger partial charge in [-0.1, -0.05) is 45.0 Å². The molecule has 30 heavy (non-hydrogen) atoms. The highest BCUT2D eigenvalue weighted by molar-refractivity contribution is 5.81. The van der Waals surface area contributed by atoms with Gasteiger partial charge in [0.25, 0.3) is 5.91 Å². The Kier molecular flexibility index (Phi) is 7.29. The SMILES string of the molecule is CCN(C(=O)[C@@H](C)OC)[C@H]1CCC2(CCN(CCC(C)(C)C)CC2)c2ccccc21. The average molecular weight is 415 g/mol. The number of benzene rings is 1. The largest absolute Gasteiger partial charge is 0.372 e. The number of likely N-dealkylation sites (N-methyl/N-ethyl adjacent to an activating group) is 1. The van der Waals surface area contributed by atoms with Crippen LogP contribution < -0.4 is 0 Å². The summed E-state index contributed by atoms with van der Waals surface area (Å²) in [5.41, 5.74) is 3.54. The van der Waals surface area contributed by atoms with Crippen molar-refractivity contribution in [3.8, 4) is 0 Å². The molecule has 0 N–H and O–H groups in total. The minimum atomic E-state index is -0.390. The zero-order chi connectivity index (χ0) is 21.9. The van der Waals surface area contributed by atoms with Crippen LogP contribution in [0.15, 0.2) is 24.3 Å². The molecule has 0 saturated carbocycles. The van der Waals surface area contributed by atoms with E-state index in [9.17, 15) is 4.79 Å². The van der Waals surface area contributed by atoms with Crippen LogP contribution in [0, 0.1) is 5.41 Å². The zero-order valence-electron chi connectivity index (χ0n) is 20.0. The van der Waals surface area contributed by atoms with Crippen molar-refractivity contribution in [1.82, 2.24) is 9.80 Å². The Morgan fingerprint density at radius 1 is 1.23 bits per heavy atom. The van der Waals surface area contributed by atoms with Gasteiger partial charge < -0.3 is 14.5 Å². The lowest BCUT2D eigenvalue weighted by molar-refractivity contribution is -0.143.